The second-order valence-electron chi connectivity index (χ2n) is 4.61. The molecule has 0 rings (SSSR count). The van der Waals surface area contributed by atoms with Crippen molar-refractivity contribution in [2.24, 2.45) is 11.8 Å². The first-order valence-electron chi connectivity index (χ1n) is 6.02. The Morgan fingerprint density at radius 2 is 1.86 bits per heavy atom. The van der Waals surface area contributed by atoms with E-state index in [0.29, 0.717) is 0 Å². The van der Waals surface area contributed by atoms with Gasteiger partial charge < -0.3 is 5.32 Å². The van der Waals surface area contributed by atoms with Crippen LogP contribution in [-0.4, -0.2) is 13.1 Å². The van der Waals surface area contributed by atoms with Gasteiger partial charge in [0.05, 0.1) is 0 Å². The molecule has 0 radical (unpaired) electrons. The summed E-state index contributed by atoms with van der Waals surface area (Å²) in [7, 11) is 0. The lowest BCUT2D eigenvalue weighted by Gasteiger charge is -2.05. The van der Waals surface area contributed by atoms with E-state index >= 15 is 0 Å². The molecular weight excluding hydrogens is 170 g/mol. The number of rotatable bonds is 8. The molecule has 0 heterocycles. The van der Waals surface area contributed by atoms with Gasteiger partial charge in [0.1, 0.15) is 0 Å². The van der Waals surface area contributed by atoms with Crippen LogP contribution in [0.15, 0.2) is 12.2 Å². The van der Waals surface area contributed by atoms with Crippen molar-refractivity contribution in [3.05, 3.63) is 12.2 Å². The van der Waals surface area contributed by atoms with E-state index in [2.05, 4.69) is 45.2 Å². The van der Waals surface area contributed by atoms with Crippen molar-refractivity contribution < 1.29 is 0 Å². The molecule has 0 aliphatic rings. The van der Waals surface area contributed by atoms with Crippen LogP contribution in [0, 0.1) is 11.8 Å². The normalized spacial score (nSPS) is 14.1. The average Bonchev–Trinajstić information content (AvgIpc) is 2.15. The molecule has 1 atom stereocenters. The van der Waals surface area contributed by atoms with Gasteiger partial charge in [-0.1, -0.05) is 46.3 Å². The van der Waals surface area contributed by atoms with Gasteiger partial charge in [0.2, 0.25) is 0 Å². The van der Waals surface area contributed by atoms with Gasteiger partial charge >= 0.3 is 0 Å². The predicted octanol–water partition coefficient (Wildman–Crippen LogP) is 3.61. The highest BCUT2D eigenvalue weighted by atomic mass is 14.8. The van der Waals surface area contributed by atoms with Crippen LogP contribution in [0.4, 0.5) is 0 Å². The fourth-order valence-electron chi connectivity index (χ4n) is 1.19. The van der Waals surface area contributed by atoms with Crippen LogP contribution >= 0.6 is 0 Å². The summed E-state index contributed by atoms with van der Waals surface area (Å²) in [5, 5.41) is 3.44. The minimum atomic E-state index is 0.763. The molecule has 1 nitrogen and oxygen atoms in total. The van der Waals surface area contributed by atoms with Gasteiger partial charge in [-0.2, -0.15) is 0 Å². The van der Waals surface area contributed by atoms with E-state index in [1.54, 1.807) is 0 Å². The van der Waals surface area contributed by atoms with Crippen LogP contribution in [0.1, 0.15) is 47.0 Å². The van der Waals surface area contributed by atoms with E-state index in [-0.39, 0.29) is 0 Å². The Balaban J connectivity index is 3.19. The lowest BCUT2D eigenvalue weighted by Crippen LogP contribution is -2.20. The largest absolute Gasteiger partial charge is 0.316 e. The van der Waals surface area contributed by atoms with Gasteiger partial charge in [0, 0.05) is 0 Å². The molecule has 0 aliphatic carbocycles. The summed E-state index contributed by atoms with van der Waals surface area (Å²) in [6.07, 6.45) is 8.32. The second-order valence-corrected chi connectivity index (χ2v) is 4.61. The van der Waals surface area contributed by atoms with Gasteiger partial charge in [-0.05, 0) is 37.8 Å². The summed E-state index contributed by atoms with van der Waals surface area (Å²) in [6.45, 7) is 11.3. The summed E-state index contributed by atoms with van der Waals surface area (Å²) in [6, 6.07) is 0. The third kappa shape index (κ3) is 9.79. The van der Waals surface area contributed by atoms with E-state index in [1.807, 2.05) is 0 Å². The van der Waals surface area contributed by atoms with E-state index in [0.717, 1.165) is 24.9 Å². The molecule has 0 amide bonds. The van der Waals surface area contributed by atoms with Crippen molar-refractivity contribution in [1.82, 2.24) is 5.32 Å². The molecule has 0 saturated heterocycles. The summed E-state index contributed by atoms with van der Waals surface area (Å²) in [5.41, 5.74) is 0. The molecule has 84 valence electrons. The zero-order valence-electron chi connectivity index (χ0n) is 10.3. The van der Waals surface area contributed by atoms with Gasteiger partial charge in [0.15, 0.2) is 0 Å². The molecule has 0 bridgehead atoms. The minimum Gasteiger partial charge on any atom is -0.316 e. The SMILES string of the molecule is CCC(C)CC=CCCNCC(C)C. The Bertz CT molecular complexity index is 138. The lowest BCUT2D eigenvalue weighted by atomic mass is 10.1. The molecule has 0 aromatic heterocycles. The van der Waals surface area contributed by atoms with Crippen LogP contribution in [0.2, 0.25) is 0 Å². The zero-order valence-corrected chi connectivity index (χ0v) is 10.3. The van der Waals surface area contributed by atoms with E-state index in [4.69, 9.17) is 0 Å². The van der Waals surface area contributed by atoms with Gasteiger partial charge in [0.25, 0.3) is 0 Å². The van der Waals surface area contributed by atoms with Crippen LogP contribution in [0.25, 0.3) is 0 Å². The van der Waals surface area contributed by atoms with Crippen molar-refractivity contribution in [2.45, 2.75) is 47.0 Å². The number of hydrogen-bond acceptors (Lipinski definition) is 1. The molecular formula is C13H27N. The molecule has 0 saturated carbocycles. The third-order valence-electron chi connectivity index (χ3n) is 2.44. The predicted molar refractivity (Wildman–Crippen MR) is 65.5 cm³/mol. The molecule has 0 aromatic carbocycles. The van der Waals surface area contributed by atoms with Crippen molar-refractivity contribution in [3.8, 4) is 0 Å². The van der Waals surface area contributed by atoms with Crippen LogP contribution in [0.3, 0.4) is 0 Å². The first kappa shape index (κ1) is 13.7. The third-order valence-corrected chi connectivity index (χ3v) is 2.44. The molecule has 0 spiro atoms. The lowest BCUT2D eigenvalue weighted by molar-refractivity contribution is 0.554. The maximum atomic E-state index is 3.44. The Morgan fingerprint density at radius 1 is 1.14 bits per heavy atom. The Kier molecular flexibility index (Phi) is 9.06. The maximum Gasteiger partial charge on any atom is -0.00142 e. The summed E-state index contributed by atoms with van der Waals surface area (Å²) in [4.78, 5) is 0. The fraction of sp³-hybridized carbons (Fsp3) is 0.846. The van der Waals surface area contributed by atoms with Crippen molar-refractivity contribution in [2.75, 3.05) is 13.1 Å². The van der Waals surface area contributed by atoms with Crippen LogP contribution in [-0.2, 0) is 0 Å². The standard InChI is InChI=1S/C13H27N/c1-5-13(4)9-7-6-8-10-14-11-12(2)3/h6-7,12-14H,5,8-11H2,1-4H3. The summed E-state index contributed by atoms with van der Waals surface area (Å²) in [5.74, 6) is 1.61. The molecule has 0 fully saturated rings. The summed E-state index contributed by atoms with van der Waals surface area (Å²) < 4.78 is 0. The first-order chi connectivity index (χ1) is 6.66. The number of nitrogens with one attached hydrogen (secondary N) is 1. The highest BCUT2D eigenvalue weighted by Gasteiger charge is 1.93. The smallest absolute Gasteiger partial charge is 0.00142 e. The quantitative estimate of drug-likeness (QED) is 0.463. The zero-order chi connectivity index (χ0) is 10.8. The van der Waals surface area contributed by atoms with E-state index in [9.17, 15) is 0 Å². The Hall–Kier alpha value is -0.300. The minimum absolute atomic E-state index is 0.763. The molecule has 0 aromatic rings. The van der Waals surface area contributed by atoms with Crippen molar-refractivity contribution in [3.63, 3.8) is 0 Å². The summed E-state index contributed by atoms with van der Waals surface area (Å²) >= 11 is 0. The monoisotopic (exact) mass is 197 g/mol. The first-order valence-corrected chi connectivity index (χ1v) is 6.02. The molecule has 1 N–H and O–H groups in total. The molecule has 14 heavy (non-hydrogen) atoms. The molecule has 1 heteroatoms. The van der Waals surface area contributed by atoms with Crippen molar-refractivity contribution >= 4 is 0 Å². The van der Waals surface area contributed by atoms with Crippen LogP contribution < -0.4 is 5.32 Å². The Labute approximate surface area is 90.0 Å². The van der Waals surface area contributed by atoms with Gasteiger partial charge in [-0.15, -0.1) is 0 Å². The highest BCUT2D eigenvalue weighted by molar-refractivity contribution is 4.83. The number of hydrogen-bond donors (Lipinski definition) is 1. The molecule has 1 unspecified atom stereocenters. The molecule has 0 aliphatic heterocycles. The topological polar surface area (TPSA) is 12.0 Å². The van der Waals surface area contributed by atoms with Gasteiger partial charge in [-0.25, -0.2) is 0 Å². The Morgan fingerprint density at radius 3 is 2.43 bits per heavy atom. The van der Waals surface area contributed by atoms with Crippen LogP contribution in [0.5, 0.6) is 0 Å². The van der Waals surface area contributed by atoms with Gasteiger partial charge in [-0.3, -0.25) is 0 Å². The highest BCUT2D eigenvalue weighted by Crippen LogP contribution is 2.06. The van der Waals surface area contributed by atoms with Crippen molar-refractivity contribution in [1.29, 1.82) is 0 Å². The fourth-order valence-corrected chi connectivity index (χ4v) is 1.19. The second kappa shape index (κ2) is 9.26. The maximum absolute atomic E-state index is 3.44. The average molecular weight is 197 g/mol. The van der Waals surface area contributed by atoms with E-state index < -0.39 is 0 Å². The number of allylic oxidation sites excluding steroid dienone is 1. The van der Waals surface area contributed by atoms with E-state index in [1.165, 1.54) is 19.3 Å².